The molecule has 0 bridgehead atoms. The van der Waals surface area contributed by atoms with Crippen LogP contribution in [0.4, 0.5) is 0 Å². The Balaban J connectivity index is 1.87. The zero-order valence-corrected chi connectivity index (χ0v) is 11.4. The molecule has 2 unspecified atom stereocenters. The quantitative estimate of drug-likeness (QED) is 0.884. The zero-order valence-electron chi connectivity index (χ0n) is 11.4. The summed E-state index contributed by atoms with van der Waals surface area (Å²) >= 11 is 0. The van der Waals surface area contributed by atoms with E-state index in [1.165, 1.54) is 0 Å². The summed E-state index contributed by atoms with van der Waals surface area (Å²) < 4.78 is 5.59. The molecule has 1 aromatic carbocycles. The van der Waals surface area contributed by atoms with E-state index in [9.17, 15) is 5.11 Å². The van der Waals surface area contributed by atoms with E-state index >= 15 is 0 Å². The van der Waals surface area contributed by atoms with Crippen molar-refractivity contribution in [3.8, 4) is 6.07 Å². The number of nitrogens with zero attached hydrogens (tertiary/aromatic N) is 1. The molecule has 102 valence electrons. The summed E-state index contributed by atoms with van der Waals surface area (Å²) in [5, 5.41) is 19.3. The monoisotopic (exact) mass is 259 g/mol. The van der Waals surface area contributed by atoms with Gasteiger partial charge >= 0.3 is 0 Å². The summed E-state index contributed by atoms with van der Waals surface area (Å²) in [6.07, 6.45) is 5.40. The molecule has 0 aromatic heterocycles. The molecule has 1 aliphatic heterocycles. The molecule has 2 atom stereocenters. The average molecular weight is 259 g/mol. The zero-order chi connectivity index (χ0) is 13.7. The number of benzene rings is 1. The van der Waals surface area contributed by atoms with E-state index in [-0.39, 0.29) is 0 Å². The number of nitriles is 1. The Morgan fingerprint density at radius 2 is 2.16 bits per heavy atom. The molecule has 0 spiro atoms. The predicted octanol–water partition coefficient (Wildman–Crippen LogP) is 3.12. The van der Waals surface area contributed by atoms with E-state index < -0.39 is 5.60 Å². The van der Waals surface area contributed by atoms with Gasteiger partial charge in [-0.3, -0.25) is 0 Å². The first-order valence-corrected chi connectivity index (χ1v) is 6.96. The van der Waals surface area contributed by atoms with Crippen LogP contribution in [-0.2, 0) is 10.3 Å². The van der Waals surface area contributed by atoms with Crippen LogP contribution in [-0.4, -0.2) is 17.8 Å². The Morgan fingerprint density at radius 1 is 1.42 bits per heavy atom. The van der Waals surface area contributed by atoms with E-state index in [0.29, 0.717) is 11.7 Å². The fourth-order valence-corrected chi connectivity index (χ4v) is 2.59. The molecule has 3 nitrogen and oxygen atoms in total. The van der Waals surface area contributed by atoms with Crippen LogP contribution in [0, 0.1) is 11.3 Å². The summed E-state index contributed by atoms with van der Waals surface area (Å²) in [4.78, 5) is 0. The SMILES string of the molecule is CC(O)(CCCC1CCCO1)c1ccc(C#N)cc1. The molecule has 2 rings (SSSR count). The minimum absolute atomic E-state index is 0.386. The predicted molar refractivity (Wildman–Crippen MR) is 73.6 cm³/mol. The van der Waals surface area contributed by atoms with Crippen LogP contribution < -0.4 is 0 Å². The molecule has 1 aliphatic rings. The van der Waals surface area contributed by atoms with Gasteiger partial charge in [-0.1, -0.05) is 12.1 Å². The van der Waals surface area contributed by atoms with E-state index in [2.05, 4.69) is 6.07 Å². The van der Waals surface area contributed by atoms with Gasteiger partial charge < -0.3 is 9.84 Å². The molecular weight excluding hydrogens is 238 g/mol. The Labute approximate surface area is 114 Å². The molecule has 19 heavy (non-hydrogen) atoms. The minimum Gasteiger partial charge on any atom is -0.385 e. The van der Waals surface area contributed by atoms with Crippen molar-refractivity contribution in [3.05, 3.63) is 35.4 Å². The Kier molecular flexibility index (Phi) is 4.57. The molecule has 1 fully saturated rings. The summed E-state index contributed by atoms with van der Waals surface area (Å²) in [6.45, 7) is 2.72. The van der Waals surface area contributed by atoms with Crippen LogP contribution in [0.25, 0.3) is 0 Å². The molecule has 0 aliphatic carbocycles. The molecule has 0 radical (unpaired) electrons. The van der Waals surface area contributed by atoms with Gasteiger partial charge in [0.25, 0.3) is 0 Å². The maximum atomic E-state index is 10.5. The molecule has 0 amide bonds. The topological polar surface area (TPSA) is 53.2 Å². The lowest BCUT2D eigenvalue weighted by atomic mass is 9.89. The Morgan fingerprint density at radius 3 is 2.74 bits per heavy atom. The van der Waals surface area contributed by atoms with E-state index in [1.54, 1.807) is 12.1 Å². The van der Waals surface area contributed by atoms with Gasteiger partial charge in [-0.05, 0) is 56.7 Å². The first-order chi connectivity index (χ1) is 9.12. The first kappa shape index (κ1) is 14.0. The third-order valence-electron chi connectivity index (χ3n) is 3.85. The van der Waals surface area contributed by atoms with Crippen LogP contribution in [0.1, 0.15) is 50.2 Å². The molecular formula is C16H21NO2. The molecule has 1 heterocycles. The number of hydrogen-bond acceptors (Lipinski definition) is 3. The molecule has 1 saturated heterocycles. The van der Waals surface area contributed by atoms with Crippen molar-refractivity contribution < 1.29 is 9.84 Å². The third kappa shape index (κ3) is 3.79. The summed E-state index contributed by atoms with van der Waals surface area (Å²) in [5.41, 5.74) is 0.671. The lowest BCUT2D eigenvalue weighted by molar-refractivity contribution is 0.0372. The van der Waals surface area contributed by atoms with Gasteiger partial charge in [0.2, 0.25) is 0 Å². The van der Waals surface area contributed by atoms with Gasteiger partial charge in [0, 0.05) is 6.61 Å². The highest BCUT2D eigenvalue weighted by Gasteiger charge is 2.24. The van der Waals surface area contributed by atoms with Gasteiger partial charge in [-0.25, -0.2) is 0 Å². The van der Waals surface area contributed by atoms with Gasteiger partial charge in [0.15, 0.2) is 0 Å². The van der Waals surface area contributed by atoms with Crippen molar-refractivity contribution >= 4 is 0 Å². The van der Waals surface area contributed by atoms with Crippen molar-refractivity contribution in [3.63, 3.8) is 0 Å². The van der Waals surface area contributed by atoms with Crippen LogP contribution in [0.2, 0.25) is 0 Å². The minimum atomic E-state index is -0.827. The van der Waals surface area contributed by atoms with Crippen molar-refractivity contribution in [2.45, 2.75) is 50.7 Å². The summed E-state index contributed by atoms with van der Waals surface area (Å²) in [7, 11) is 0. The summed E-state index contributed by atoms with van der Waals surface area (Å²) in [5.74, 6) is 0. The smallest absolute Gasteiger partial charge is 0.0991 e. The maximum absolute atomic E-state index is 10.5. The highest BCUT2D eigenvalue weighted by molar-refractivity contribution is 5.33. The Hall–Kier alpha value is -1.37. The molecule has 0 saturated carbocycles. The second kappa shape index (κ2) is 6.18. The lowest BCUT2D eigenvalue weighted by Crippen LogP contribution is -2.21. The number of rotatable bonds is 5. The van der Waals surface area contributed by atoms with Gasteiger partial charge in [0.05, 0.1) is 23.3 Å². The van der Waals surface area contributed by atoms with E-state index in [0.717, 1.165) is 44.3 Å². The average Bonchev–Trinajstić information content (AvgIpc) is 2.92. The van der Waals surface area contributed by atoms with Crippen molar-refractivity contribution in [2.24, 2.45) is 0 Å². The van der Waals surface area contributed by atoms with Gasteiger partial charge in [-0.15, -0.1) is 0 Å². The number of aliphatic hydroxyl groups is 1. The van der Waals surface area contributed by atoms with Crippen LogP contribution in [0.5, 0.6) is 0 Å². The van der Waals surface area contributed by atoms with Crippen LogP contribution in [0.3, 0.4) is 0 Å². The molecule has 3 heteroatoms. The second-order valence-electron chi connectivity index (χ2n) is 5.49. The van der Waals surface area contributed by atoms with Crippen molar-refractivity contribution in [2.75, 3.05) is 6.61 Å². The first-order valence-electron chi connectivity index (χ1n) is 6.96. The highest BCUT2D eigenvalue weighted by Crippen LogP contribution is 2.28. The maximum Gasteiger partial charge on any atom is 0.0991 e. The van der Waals surface area contributed by atoms with Gasteiger partial charge in [-0.2, -0.15) is 5.26 Å². The van der Waals surface area contributed by atoms with Crippen LogP contribution >= 0.6 is 0 Å². The van der Waals surface area contributed by atoms with Crippen molar-refractivity contribution in [1.82, 2.24) is 0 Å². The molecule has 1 N–H and O–H groups in total. The molecule has 1 aromatic rings. The largest absolute Gasteiger partial charge is 0.385 e. The lowest BCUT2D eigenvalue weighted by Gasteiger charge is -2.24. The number of ether oxygens (including phenoxy) is 1. The van der Waals surface area contributed by atoms with Gasteiger partial charge in [0.1, 0.15) is 0 Å². The highest BCUT2D eigenvalue weighted by atomic mass is 16.5. The van der Waals surface area contributed by atoms with E-state index in [1.807, 2.05) is 19.1 Å². The fourth-order valence-electron chi connectivity index (χ4n) is 2.59. The number of hydrogen-bond donors (Lipinski definition) is 1. The third-order valence-corrected chi connectivity index (χ3v) is 3.85. The Bertz CT molecular complexity index is 439. The normalized spacial score (nSPS) is 21.8. The summed E-state index contributed by atoms with van der Waals surface area (Å²) in [6, 6.07) is 9.27. The fraction of sp³-hybridized carbons (Fsp3) is 0.562. The van der Waals surface area contributed by atoms with E-state index in [4.69, 9.17) is 10.00 Å². The van der Waals surface area contributed by atoms with Crippen molar-refractivity contribution in [1.29, 1.82) is 5.26 Å². The van der Waals surface area contributed by atoms with Crippen LogP contribution in [0.15, 0.2) is 24.3 Å². The standard InChI is InChI=1S/C16H21NO2/c1-16(18,10-2-4-15-5-3-11-19-15)14-8-6-13(12-17)7-9-14/h6-9,15,18H,2-5,10-11H2,1H3. The second-order valence-corrected chi connectivity index (χ2v) is 5.49.